The smallest absolute Gasteiger partial charge is 0.214 e. The molecule has 1 saturated carbocycles. The zero-order chi connectivity index (χ0) is 23.9. The second-order valence-electron chi connectivity index (χ2n) is 9.38. The number of nitrogens with one attached hydrogen (secondary N) is 1. The highest BCUT2D eigenvalue weighted by atomic mass is 32.2. The Morgan fingerprint density at radius 2 is 1.94 bits per heavy atom. The molecule has 8 nitrogen and oxygen atoms in total. The Hall–Kier alpha value is -2.59. The van der Waals surface area contributed by atoms with Crippen molar-refractivity contribution in [2.45, 2.75) is 57.8 Å². The van der Waals surface area contributed by atoms with E-state index >= 15 is 0 Å². The first-order valence-electron chi connectivity index (χ1n) is 11.9. The lowest BCUT2D eigenvalue weighted by Crippen LogP contribution is -2.39. The third-order valence-electron chi connectivity index (χ3n) is 6.75. The summed E-state index contributed by atoms with van der Waals surface area (Å²) in [6, 6.07) is 8.05. The van der Waals surface area contributed by atoms with Crippen LogP contribution in [0.1, 0.15) is 61.6 Å². The van der Waals surface area contributed by atoms with Crippen LogP contribution >= 0.6 is 0 Å². The molecule has 1 aliphatic heterocycles. The highest BCUT2D eigenvalue weighted by Gasteiger charge is 2.31. The fourth-order valence-electron chi connectivity index (χ4n) is 4.50. The van der Waals surface area contributed by atoms with Gasteiger partial charge in [0.25, 0.3) is 0 Å². The molecule has 2 unspecified atom stereocenters. The predicted molar refractivity (Wildman–Crippen MR) is 131 cm³/mol. The van der Waals surface area contributed by atoms with Crippen molar-refractivity contribution in [3.8, 4) is 16.8 Å². The minimum atomic E-state index is -3.24. The van der Waals surface area contributed by atoms with Crippen LogP contribution < -0.4 is 5.32 Å². The van der Waals surface area contributed by atoms with E-state index < -0.39 is 16.3 Å². The van der Waals surface area contributed by atoms with Gasteiger partial charge in [0.2, 0.25) is 10.0 Å². The maximum atomic E-state index is 12.5. The van der Waals surface area contributed by atoms with Crippen LogP contribution in [0, 0.1) is 6.92 Å². The zero-order valence-corrected chi connectivity index (χ0v) is 20.4. The largest absolute Gasteiger partial charge is 0.374 e. The maximum absolute atomic E-state index is 12.5. The molecule has 180 valence electrons. The number of benzene rings is 1. The van der Waals surface area contributed by atoms with E-state index in [-0.39, 0.29) is 11.8 Å². The van der Waals surface area contributed by atoms with Crippen LogP contribution in [0.15, 0.2) is 49.1 Å². The molecular weight excluding hydrogens is 450 g/mol. The Morgan fingerprint density at radius 1 is 1.12 bits per heavy atom. The van der Waals surface area contributed by atoms with E-state index in [0.29, 0.717) is 19.0 Å². The number of hydrogen-bond acceptors (Lipinski definition) is 6. The number of aryl methyl sites for hydroxylation is 1. The minimum Gasteiger partial charge on any atom is -0.374 e. The van der Waals surface area contributed by atoms with Crippen LogP contribution in [0.25, 0.3) is 16.8 Å². The molecular formula is C25H31N5O3S. The van der Waals surface area contributed by atoms with Gasteiger partial charge in [-0.1, -0.05) is 12.1 Å². The third-order valence-corrected chi connectivity index (χ3v) is 8.77. The molecule has 34 heavy (non-hydrogen) atoms. The molecule has 9 heteroatoms. The van der Waals surface area contributed by atoms with Crippen molar-refractivity contribution in [1.82, 2.24) is 24.4 Å². The molecule has 3 aromatic rings. The fourth-order valence-corrected chi connectivity index (χ4v) is 6.32. The molecule has 5 rings (SSSR count). The molecule has 0 radical (unpaired) electrons. The normalized spacial score (nSPS) is 20.2. The lowest BCUT2D eigenvalue weighted by atomic mass is 10.00. The molecule has 2 N–H and O–H groups in total. The Balaban J connectivity index is 1.40. The summed E-state index contributed by atoms with van der Waals surface area (Å²) < 4.78 is 28.4. The van der Waals surface area contributed by atoms with Gasteiger partial charge >= 0.3 is 0 Å². The molecule has 0 spiro atoms. The topological polar surface area (TPSA) is 100 Å². The first kappa shape index (κ1) is 23.2. The second-order valence-corrected chi connectivity index (χ2v) is 11.4. The summed E-state index contributed by atoms with van der Waals surface area (Å²) in [5, 5.41) is 18.3. The molecule has 1 aromatic carbocycles. The quantitative estimate of drug-likeness (QED) is 0.501. The Morgan fingerprint density at radius 3 is 2.71 bits per heavy atom. The molecule has 2 aliphatic rings. The van der Waals surface area contributed by atoms with E-state index in [1.54, 1.807) is 27.6 Å². The Labute approximate surface area is 200 Å². The first-order chi connectivity index (χ1) is 16.3. The standard InChI is InChI=1S/C25H31N5O3S/c1-17-5-6-19(25(31)28-22-7-8-22)12-24(17)21-14-27-29(16-21)23-11-20(13-26-15-23)18(2)30-9-3-4-10-34(30,32)33/h5-6,11-16,18,22,25,28,31H,3-4,7-10H2,1-2H3. The van der Waals surface area contributed by atoms with Gasteiger partial charge in [-0.25, -0.2) is 13.1 Å². The number of rotatable bonds is 7. The number of aliphatic hydroxyl groups is 1. The lowest BCUT2D eigenvalue weighted by molar-refractivity contribution is 0.137. The second kappa shape index (κ2) is 9.22. The van der Waals surface area contributed by atoms with E-state index in [2.05, 4.69) is 15.4 Å². The summed E-state index contributed by atoms with van der Waals surface area (Å²) in [7, 11) is -3.24. The van der Waals surface area contributed by atoms with Gasteiger partial charge in [-0.05, 0) is 73.9 Å². The van der Waals surface area contributed by atoms with Crippen LogP contribution in [-0.4, -0.2) is 50.9 Å². The average Bonchev–Trinajstić information content (AvgIpc) is 3.50. The van der Waals surface area contributed by atoms with Crippen LogP contribution in [0.4, 0.5) is 0 Å². The predicted octanol–water partition coefficient (Wildman–Crippen LogP) is 3.47. The average molecular weight is 482 g/mol. The van der Waals surface area contributed by atoms with E-state index in [1.165, 1.54) is 0 Å². The van der Waals surface area contributed by atoms with Crippen molar-refractivity contribution in [2.24, 2.45) is 0 Å². The van der Waals surface area contributed by atoms with Gasteiger partial charge in [-0.3, -0.25) is 10.3 Å². The van der Waals surface area contributed by atoms with Crippen molar-refractivity contribution in [3.63, 3.8) is 0 Å². The number of aromatic nitrogens is 3. The van der Waals surface area contributed by atoms with Crippen molar-refractivity contribution >= 4 is 10.0 Å². The highest BCUT2D eigenvalue weighted by molar-refractivity contribution is 7.89. The van der Waals surface area contributed by atoms with Gasteiger partial charge < -0.3 is 5.11 Å². The number of aliphatic hydroxyl groups excluding tert-OH is 1. The molecule has 1 saturated heterocycles. The summed E-state index contributed by atoms with van der Waals surface area (Å²) in [6.45, 7) is 4.49. The minimum absolute atomic E-state index is 0.205. The summed E-state index contributed by atoms with van der Waals surface area (Å²) in [6.07, 6.45) is 10.3. The molecule has 2 aromatic heterocycles. The van der Waals surface area contributed by atoms with Crippen LogP contribution in [-0.2, 0) is 10.0 Å². The monoisotopic (exact) mass is 481 g/mol. The Bertz CT molecular complexity index is 1290. The number of pyridine rings is 1. The summed E-state index contributed by atoms with van der Waals surface area (Å²) in [5.74, 6) is 0.205. The van der Waals surface area contributed by atoms with Gasteiger partial charge in [-0.2, -0.15) is 9.40 Å². The number of nitrogens with zero attached hydrogens (tertiary/aromatic N) is 4. The van der Waals surface area contributed by atoms with Gasteiger partial charge in [0.05, 0.1) is 23.8 Å². The lowest BCUT2D eigenvalue weighted by Gasteiger charge is -2.31. The van der Waals surface area contributed by atoms with Gasteiger partial charge in [-0.15, -0.1) is 0 Å². The Kier molecular flexibility index (Phi) is 6.28. The molecule has 2 fully saturated rings. The van der Waals surface area contributed by atoms with E-state index in [1.807, 2.05) is 44.3 Å². The van der Waals surface area contributed by atoms with Gasteiger partial charge in [0, 0.05) is 36.6 Å². The van der Waals surface area contributed by atoms with Crippen molar-refractivity contribution < 1.29 is 13.5 Å². The molecule has 0 amide bonds. The van der Waals surface area contributed by atoms with Crippen molar-refractivity contribution in [1.29, 1.82) is 0 Å². The van der Waals surface area contributed by atoms with Gasteiger partial charge in [0.1, 0.15) is 6.23 Å². The number of hydrogen-bond donors (Lipinski definition) is 2. The maximum Gasteiger partial charge on any atom is 0.214 e. The van der Waals surface area contributed by atoms with E-state index in [9.17, 15) is 13.5 Å². The van der Waals surface area contributed by atoms with Crippen molar-refractivity contribution in [3.05, 3.63) is 65.7 Å². The van der Waals surface area contributed by atoms with Crippen LogP contribution in [0.5, 0.6) is 0 Å². The van der Waals surface area contributed by atoms with Gasteiger partial charge in [0.15, 0.2) is 0 Å². The first-order valence-corrected chi connectivity index (χ1v) is 13.5. The molecule has 2 atom stereocenters. The number of sulfonamides is 1. The highest BCUT2D eigenvalue weighted by Crippen LogP contribution is 2.30. The molecule has 1 aliphatic carbocycles. The van der Waals surface area contributed by atoms with E-state index in [0.717, 1.165) is 52.8 Å². The van der Waals surface area contributed by atoms with Crippen molar-refractivity contribution in [2.75, 3.05) is 12.3 Å². The third kappa shape index (κ3) is 4.79. The molecule has 3 heterocycles. The molecule has 0 bridgehead atoms. The van der Waals surface area contributed by atoms with E-state index in [4.69, 9.17) is 0 Å². The van der Waals surface area contributed by atoms with Crippen LogP contribution in [0.2, 0.25) is 0 Å². The SMILES string of the molecule is Cc1ccc(C(O)NC2CC2)cc1-c1cnn(-c2cncc(C(C)N3CCCCS3(=O)=O)c2)c1. The summed E-state index contributed by atoms with van der Waals surface area (Å²) >= 11 is 0. The summed E-state index contributed by atoms with van der Waals surface area (Å²) in [4.78, 5) is 4.37. The summed E-state index contributed by atoms with van der Waals surface area (Å²) in [5.41, 5.74) is 5.49. The van der Waals surface area contributed by atoms with Crippen LogP contribution in [0.3, 0.4) is 0 Å². The fraction of sp³-hybridized carbons (Fsp3) is 0.440. The zero-order valence-electron chi connectivity index (χ0n) is 19.6.